The van der Waals surface area contributed by atoms with Crippen LogP contribution < -0.4 is 10.0 Å². The van der Waals surface area contributed by atoms with Crippen molar-refractivity contribution in [3.8, 4) is 5.75 Å². The molecule has 3 nitrogen and oxygen atoms in total. The second kappa shape index (κ2) is 10.8. The molecule has 0 N–H and O–H groups in total. The molecular weight excluding hydrogens is 326 g/mol. The minimum atomic E-state index is 0. The number of carbonyl (C=O) groups is 1. The largest absolute Gasteiger partial charge is 0.491 e. The predicted molar refractivity (Wildman–Crippen MR) is 107 cm³/mol. The van der Waals surface area contributed by atoms with Gasteiger partial charge in [0.25, 0.3) is 0 Å². The van der Waals surface area contributed by atoms with E-state index in [2.05, 4.69) is 0 Å². The van der Waals surface area contributed by atoms with E-state index >= 15 is 0 Å². The van der Waals surface area contributed by atoms with Crippen LogP contribution in [0.5, 0.6) is 5.75 Å². The Morgan fingerprint density at radius 3 is 2.28 bits per heavy atom. The zero-order valence-electron chi connectivity index (χ0n) is 15.8. The maximum Gasteiger partial charge on any atom is 0.186 e. The molecule has 0 spiro atoms. The summed E-state index contributed by atoms with van der Waals surface area (Å²) in [5.41, 5.74) is 4.22. The van der Waals surface area contributed by atoms with Gasteiger partial charge < -0.3 is 9.47 Å². The van der Waals surface area contributed by atoms with Crippen molar-refractivity contribution in [2.45, 2.75) is 27.7 Å². The van der Waals surface area contributed by atoms with E-state index in [1.54, 1.807) is 0 Å². The van der Waals surface area contributed by atoms with E-state index in [9.17, 15) is 4.79 Å². The summed E-state index contributed by atoms with van der Waals surface area (Å²) in [6.45, 7) is 9.80. The van der Waals surface area contributed by atoms with Crippen molar-refractivity contribution in [2.24, 2.45) is 0 Å². The molecule has 129 valence electrons. The van der Waals surface area contributed by atoms with Gasteiger partial charge in [-0.2, -0.15) is 0 Å². The van der Waals surface area contributed by atoms with Gasteiger partial charge in [-0.05, 0) is 70.4 Å². The van der Waals surface area contributed by atoms with E-state index in [1.807, 2.05) is 64.1 Å². The Kier molecular flexibility index (Phi) is 9.47. The third-order valence-corrected chi connectivity index (χ3v) is 5.16. The van der Waals surface area contributed by atoms with Gasteiger partial charge in [-0.3, -0.25) is 4.79 Å². The van der Waals surface area contributed by atoms with Crippen molar-refractivity contribution in [3.05, 3.63) is 58.7 Å². The van der Waals surface area contributed by atoms with Gasteiger partial charge in [0, 0.05) is 31.0 Å². The average Bonchev–Trinajstić information content (AvgIpc) is 2.54. The Morgan fingerprint density at radius 1 is 1.00 bits per heavy atom. The Morgan fingerprint density at radius 2 is 1.68 bits per heavy atom. The van der Waals surface area contributed by atoms with Crippen molar-refractivity contribution in [2.75, 3.05) is 19.8 Å². The van der Waals surface area contributed by atoms with Crippen molar-refractivity contribution in [1.82, 2.24) is 0 Å². The molecule has 1 unspecified atom stereocenters. The predicted octanol–water partition coefficient (Wildman–Crippen LogP) is 3.79. The molecule has 0 saturated heterocycles. The van der Waals surface area contributed by atoms with E-state index in [-0.39, 0.29) is 33.0 Å². The number of rotatable bonds is 8. The zero-order chi connectivity index (χ0) is 17.5. The molecule has 5 heteroatoms. The first-order chi connectivity index (χ1) is 11.5. The second-order valence-corrected chi connectivity index (χ2v) is 6.99. The summed E-state index contributed by atoms with van der Waals surface area (Å²) >= 11 is 0. The van der Waals surface area contributed by atoms with E-state index in [0.29, 0.717) is 19.8 Å². The number of hydrogen-bond donors (Lipinski definition) is 0. The molecule has 1 radical (unpaired) electrons. The molecule has 0 aromatic heterocycles. The molecule has 25 heavy (non-hydrogen) atoms. The van der Waals surface area contributed by atoms with Gasteiger partial charge >= 0.3 is 0 Å². The molecule has 1 atom stereocenters. The molecule has 2 rings (SSSR count). The maximum absolute atomic E-state index is 12.7. The molecule has 0 amide bonds. The fourth-order valence-electron chi connectivity index (χ4n) is 2.59. The average molecular weight is 351 g/mol. The van der Waals surface area contributed by atoms with Gasteiger partial charge in [0.05, 0.1) is 6.61 Å². The molecule has 0 bridgehead atoms. The third-order valence-electron chi connectivity index (χ3n) is 3.85. The standard InChI is InChI=1S/C20H25O3P.Li/c1-5-22-11-12-23-17-9-10-18(16(4)13-17)24-20(21)19-14(2)7-6-8-15(19)3;/h6-10,13,24H,5,11-12H2,1-4H3;. The molecular formula is C20H25LiO3P. The summed E-state index contributed by atoms with van der Waals surface area (Å²) in [6.07, 6.45) is 0. The van der Waals surface area contributed by atoms with Crippen molar-refractivity contribution >= 4 is 38.3 Å². The number of ether oxygens (including phenoxy) is 2. The Balaban J connectivity index is 0.00000312. The summed E-state index contributed by atoms with van der Waals surface area (Å²) < 4.78 is 10.9. The summed E-state index contributed by atoms with van der Waals surface area (Å²) in [5, 5.41) is 1.07. The Labute approximate surface area is 164 Å². The fraction of sp³-hybridized carbons (Fsp3) is 0.350. The second-order valence-electron chi connectivity index (χ2n) is 5.74. The topological polar surface area (TPSA) is 35.5 Å². The quantitative estimate of drug-likeness (QED) is 0.412. The van der Waals surface area contributed by atoms with Crippen LogP contribution in [-0.4, -0.2) is 44.2 Å². The van der Waals surface area contributed by atoms with E-state index < -0.39 is 0 Å². The van der Waals surface area contributed by atoms with Gasteiger partial charge in [-0.25, -0.2) is 0 Å². The van der Waals surface area contributed by atoms with E-state index in [0.717, 1.165) is 33.3 Å². The molecule has 2 aromatic carbocycles. The van der Waals surface area contributed by atoms with Gasteiger partial charge in [0.2, 0.25) is 0 Å². The van der Waals surface area contributed by atoms with Crippen LogP contribution in [0.1, 0.15) is 34.0 Å². The van der Waals surface area contributed by atoms with Crippen LogP contribution in [0.4, 0.5) is 0 Å². The molecule has 0 aliphatic carbocycles. The normalized spacial score (nSPS) is 10.7. The first kappa shape index (κ1) is 21.9. The number of hydrogen-bond acceptors (Lipinski definition) is 3. The minimum absolute atomic E-state index is 0. The van der Waals surface area contributed by atoms with Crippen molar-refractivity contribution in [3.63, 3.8) is 0 Å². The summed E-state index contributed by atoms with van der Waals surface area (Å²) in [7, 11) is 0.127. The van der Waals surface area contributed by atoms with Crippen LogP contribution in [0, 0.1) is 20.8 Å². The summed E-state index contributed by atoms with van der Waals surface area (Å²) in [4.78, 5) is 12.7. The van der Waals surface area contributed by atoms with Gasteiger partial charge in [0.1, 0.15) is 12.4 Å². The number of benzene rings is 2. The summed E-state index contributed by atoms with van der Waals surface area (Å²) in [5.74, 6) is 0.820. The molecule has 0 aliphatic rings. The zero-order valence-corrected chi connectivity index (χ0v) is 16.8. The van der Waals surface area contributed by atoms with Gasteiger partial charge in [0.15, 0.2) is 5.52 Å². The van der Waals surface area contributed by atoms with E-state index in [1.165, 1.54) is 0 Å². The Bertz CT molecular complexity index is 696. The fourth-order valence-corrected chi connectivity index (χ4v) is 3.79. The van der Waals surface area contributed by atoms with Crippen LogP contribution >= 0.6 is 8.58 Å². The number of carbonyl (C=O) groups excluding carboxylic acids is 1. The van der Waals surface area contributed by atoms with Crippen molar-refractivity contribution in [1.29, 1.82) is 0 Å². The van der Waals surface area contributed by atoms with Crippen molar-refractivity contribution < 1.29 is 14.3 Å². The number of aryl methyl sites for hydroxylation is 3. The SMILES string of the molecule is CCOCCOc1ccc(PC(=O)c2c(C)cccc2C)c(C)c1.[Li]. The van der Waals surface area contributed by atoms with Crippen LogP contribution in [0.3, 0.4) is 0 Å². The van der Waals surface area contributed by atoms with E-state index in [4.69, 9.17) is 9.47 Å². The molecule has 0 aliphatic heterocycles. The monoisotopic (exact) mass is 351 g/mol. The maximum atomic E-state index is 12.7. The molecule has 0 heterocycles. The van der Waals surface area contributed by atoms with Crippen LogP contribution in [0.15, 0.2) is 36.4 Å². The minimum Gasteiger partial charge on any atom is -0.491 e. The van der Waals surface area contributed by atoms with Gasteiger partial charge in [-0.1, -0.05) is 24.3 Å². The summed E-state index contributed by atoms with van der Waals surface area (Å²) in [6, 6.07) is 11.9. The van der Waals surface area contributed by atoms with Gasteiger partial charge in [-0.15, -0.1) is 0 Å². The van der Waals surface area contributed by atoms with Crippen LogP contribution in [0.25, 0.3) is 0 Å². The first-order valence-electron chi connectivity index (χ1n) is 8.21. The molecule has 2 aromatic rings. The Hall–Kier alpha value is -1.10. The van der Waals surface area contributed by atoms with Crippen LogP contribution in [0.2, 0.25) is 0 Å². The van der Waals surface area contributed by atoms with Crippen LogP contribution in [-0.2, 0) is 4.74 Å². The third kappa shape index (κ3) is 6.28. The molecule has 0 fully saturated rings. The first-order valence-corrected chi connectivity index (χ1v) is 9.21. The smallest absolute Gasteiger partial charge is 0.186 e. The molecule has 0 saturated carbocycles.